The van der Waals surface area contributed by atoms with Gasteiger partial charge in [0.15, 0.2) is 0 Å². The Balaban J connectivity index is 2.20. The summed E-state index contributed by atoms with van der Waals surface area (Å²) in [6.45, 7) is 0. The minimum absolute atomic E-state index is 0.236. The van der Waals surface area contributed by atoms with Gasteiger partial charge < -0.3 is 0 Å². The Labute approximate surface area is 107 Å². The van der Waals surface area contributed by atoms with Crippen LogP contribution in [-0.2, 0) is 6.42 Å². The molecular weight excluding hydrogens is 290 g/mol. The molecule has 0 aromatic heterocycles. The molecule has 0 aliphatic rings. The maximum absolute atomic E-state index is 13.0. The van der Waals surface area contributed by atoms with Crippen LogP contribution in [-0.4, -0.2) is 0 Å². The van der Waals surface area contributed by atoms with Gasteiger partial charge in [0.2, 0.25) is 0 Å². The normalized spacial score (nSPS) is 10.4. The number of hydrogen-bond donors (Lipinski definition) is 0. The van der Waals surface area contributed by atoms with Gasteiger partial charge in [-0.05, 0) is 57.7 Å². The second-order valence-electron chi connectivity index (χ2n) is 3.55. The van der Waals surface area contributed by atoms with Gasteiger partial charge in [0.05, 0.1) is 4.47 Å². The molecule has 2 rings (SSSR count). The van der Waals surface area contributed by atoms with Gasteiger partial charge in [-0.15, -0.1) is 0 Å². The Bertz CT molecular complexity index is 494. The first-order chi connectivity index (χ1) is 7.65. The fraction of sp³-hybridized carbons (Fsp3) is 0.0769. The molecule has 2 aromatic rings. The monoisotopic (exact) mass is 298 g/mol. The third-order valence-electron chi connectivity index (χ3n) is 2.31. The van der Waals surface area contributed by atoms with Crippen LogP contribution in [0.15, 0.2) is 46.9 Å². The molecule has 0 spiro atoms. The first kappa shape index (κ1) is 11.6. The van der Waals surface area contributed by atoms with Crippen molar-refractivity contribution >= 4 is 27.5 Å². The summed E-state index contributed by atoms with van der Waals surface area (Å²) in [6.07, 6.45) is 0.774. The van der Waals surface area contributed by atoms with Crippen molar-refractivity contribution in [3.63, 3.8) is 0 Å². The standard InChI is InChI=1S/C13H9BrClF/c14-12-8-10(3-6-13(12)16)7-9-1-4-11(15)5-2-9/h1-6,8H,7H2. The lowest BCUT2D eigenvalue weighted by molar-refractivity contribution is 0.620. The topological polar surface area (TPSA) is 0 Å². The summed E-state index contributed by atoms with van der Waals surface area (Å²) in [5.74, 6) is -0.236. The van der Waals surface area contributed by atoms with Crippen molar-refractivity contribution in [3.8, 4) is 0 Å². The van der Waals surface area contributed by atoms with E-state index in [1.165, 1.54) is 6.07 Å². The molecular formula is C13H9BrClF. The van der Waals surface area contributed by atoms with E-state index in [-0.39, 0.29) is 5.82 Å². The predicted molar refractivity (Wildman–Crippen MR) is 68.4 cm³/mol. The van der Waals surface area contributed by atoms with E-state index in [9.17, 15) is 4.39 Å². The first-order valence-corrected chi connectivity index (χ1v) is 6.00. The van der Waals surface area contributed by atoms with E-state index in [1.807, 2.05) is 24.3 Å². The van der Waals surface area contributed by atoms with E-state index in [0.29, 0.717) is 4.47 Å². The van der Waals surface area contributed by atoms with Gasteiger partial charge in [-0.3, -0.25) is 0 Å². The Morgan fingerprint density at radius 1 is 1.00 bits per heavy atom. The molecule has 0 radical (unpaired) electrons. The van der Waals surface area contributed by atoms with Crippen molar-refractivity contribution in [2.75, 3.05) is 0 Å². The van der Waals surface area contributed by atoms with E-state index in [1.54, 1.807) is 12.1 Å². The Hall–Kier alpha value is -0.860. The zero-order valence-electron chi connectivity index (χ0n) is 8.38. The molecule has 0 N–H and O–H groups in total. The van der Waals surface area contributed by atoms with Crippen molar-refractivity contribution < 1.29 is 4.39 Å². The maximum atomic E-state index is 13.0. The van der Waals surface area contributed by atoms with Crippen LogP contribution in [0, 0.1) is 5.82 Å². The Morgan fingerprint density at radius 3 is 2.25 bits per heavy atom. The second kappa shape index (κ2) is 4.98. The molecule has 0 heterocycles. The quantitative estimate of drug-likeness (QED) is 0.745. The van der Waals surface area contributed by atoms with Crippen molar-refractivity contribution in [2.45, 2.75) is 6.42 Å². The average Bonchev–Trinajstić information content (AvgIpc) is 2.27. The van der Waals surface area contributed by atoms with Gasteiger partial charge in [-0.1, -0.05) is 29.8 Å². The smallest absolute Gasteiger partial charge is 0.137 e. The van der Waals surface area contributed by atoms with Gasteiger partial charge in [0.25, 0.3) is 0 Å². The van der Waals surface area contributed by atoms with Gasteiger partial charge in [0.1, 0.15) is 5.82 Å². The van der Waals surface area contributed by atoms with Crippen molar-refractivity contribution in [1.82, 2.24) is 0 Å². The number of benzene rings is 2. The summed E-state index contributed by atoms with van der Waals surface area (Å²) >= 11 is 8.98. The molecule has 0 aliphatic heterocycles. The molecule has 0 bridgehead atoms. The summed E-state index contributed by atoms with van der Waals surface area (Å²) in [5.41, 5.74) is 2.22. The second-order valence-corrected chi connectivity index (χ2v) is 4.84. The third kappa shape index (κ3) is 2.83. The summed E-state index contributed by atoms with van der Waals surface area (Å²) in [7, 11) is 0. The molecule has 2 aromatic carbocycles. The SMILES string of the molecule is Fc1ccc(Cc2ccc(Cl)cc2)cc1Br. The molecule has 82 valence electrons. The van der Waals surface area contributed by atoms with Gasteiger partial charge in [-0.25, -0.2) is 4.39 Å². The van der Waals surface area contributed by atoms with Crippen LogP contribution in [0.3, 0.4) is 0 Å². The van der Waals surface area contributed by atoms with E-state index in [2.05, 4.69) is 15.9 Å². The first-order valence-electron chi connectivity index (χ1n) is 4.83. The largest absolute Gasteiger partial charge is 0.206 e. The van der Waals surface area contributed by atoms with Crippen LogP contribution in [0.2, 0.25) is 5.02 Å². The highest BCUT2D eigenvalue weighted by atomic mass is 79.9. The lowest BCUT2D eigenvalue weighted by atomic mass is 10.1. The van der Waals surface area contributed by atoms with Crippen molar-refractivity contribution in [1.29, 1.82) is 0 Å². The Morgan fingerprint density at radius 2 is 1.62 bits per heavy atom. The number of hydrogen-bond acceptors (Lipinski definition) is 0. The number of halogens is 3. The molecule has 0 nitrogen and oxygen atoms in total. The zero-order chi connectivity index (χ0) is 11.5. The molecule has 16 heavy (non-hydrogen) atoms. The lowest BCUT2D eigenvalue weighted by Gasteiger charge is -2.03. The fourth-order valence-electron chi connectivity index (χ4n) is 1.49. The van der Waals surface area contributed by atoms with E-state index in [0.717, 1.165) is 22.6 Å². The number of rotatable bonds is 2. The van der Waals surface area contributed by atoms with Crippen LogP contribution < -0.4 is 0 Å². The highest BCUT2D eigenvalue weighted by Crippen LogP contribution is 2.19. The fourth-order valence-corrected chi connectivity index (χ4v) is 2.04. The molecule has 0 unspecified atom stereocenters. The molecule has 3 heteroatoms. The van der Waals surface area contributed by atoms with Crippen LogP contribution in [0.4, 0.5) is 4.39 Å². The van der Waals surface area contributed by atoms with Gasteiger partial charge in [-0.2, -0.15) is 0 Å². The molecule has 0 saturated heterocycles. The zero-order valence-corrected chi connectivity index (χ0v) is 10.7. The van der Waals surface area contributed by atoms with E-state index < -0.39 is 0 Å². The van der Waals surface area contributed by atoms with E-state index >= 15 is 0 Å². The Kier molecular flexibility index (Phi) is 3.62. The molecule has 0 aliphatic carbocycles. The van der Waals surface area contributed by atoms with E-state index in [4.69, 9.17) is 11.6 Å². The summed E-state index contributed by atoms with van der Waals surface area (Å²) in [5, 5.41) is 0.726. The van der Waals surface area contributed by atoms with Crippen molar-refractivity contribution in [3.05, 3.63) is 68.9 Å². The van der Waals surface area contributed by atoms with Crippen LogP contribution >= 0.6 is 27.5 Å². The van der Waals surface area contributed by atoms with Crippen LogP contribution in [0.5, 0.6) is 0 Å². The van der Waals surface area contributed by atoms with Gasteiger partial charge in [0, 0.05) is 5.02 Å². The minimum Gasteiger partial charge on any atom is -0.206 e. The highest BCUT2D eigenvalue weighted by Gasteiger charge is 2.01. The maximum Gasteiger partial charge on any atom is 0.137 e. The highest BCUT2D eigenvalue weighted by molar-refractivity contribution is 9.10. The lowest BCUT2D eigenvalue weighted by Crippen LogP contribution is -1.89. The molecule has 0 saturated carbocycles. The third-order valence-corrected chi connectivity index (χ3v) is 3.17. The predicted octanol–water partition coefficient (Wildman–Crippen LogP) is 4.83. The molecule has 0 atom stereocenters. The van der Waals surface area contributed by atoms with Crippen LogP contribution in [0.25, 0.3) is 0 Å². The summed E-state index contributed by atoms with van der Waals surface area (Å²) in [6, 6.07) is 12.7. The average molecular weight is 300 g/mol. The van der Waals surface area contributed by atoms with Crippen LogP contribution in [0.1, 0.15) is 11.1 Å². The summed E-state index contributed by atoms with van der Waals surface area (Å²) in [4.78, 5) is 0. The van der Waals surface area contributed by atoms with Crippen molar-refractivity contribution in [2.24, 2.45) is 0 Å². The summed E-state index contributed by atoms with van der Waals surface area (Å²) < 4.78 is 13.5. The molecule has 0 fully saturated rings. The minimum atomic E-state index is -0.236. The molecule has 0 amide bonds. The van der Waals surface area contributed by atoms with Gasteiger partial charge >= 0.3 is 0 Å².